The number of aliphatic hydroxyl groups is 3. The molecule has 3 fully saturated rings. The number of carbonyl (C=O) groups excluding carboxylic acids is 2. The molecule has 2 heterocycles. The van der Waals surface area contributed by atoms with E-state index in [2.05, 4.69) is 5.16 Å². The van der Waals surface area contributed by atoms with Crippen molar-refractivity contribution < 1.29 is 38.9 Å². The highest BCUT2D eigenvalue weighted by Gasteiger charge is 2.59. The molecule has 10 nitrogen and oxygen atoms in total. The van der Waals surface area contributed by atoms with Crippen LogP contribution in [-0.4, -0.2) is 75.8 Å². The monoisotopic (exact) mass is 450 g/mol. The Morgan fingerprint density at radius 1 is 1.22 bits per heavy atom. The summed E-state index contributed by atoms with van der Waals surface area (Å²) in [7, 11) is 0. The third kappa shape index (κ3) is 4.32. The molecule has 1 aromatic rings. The maximum Gasteiger partial charge on any atom is 0.233 e. The van der Waals surface area contributed by atoms with Gasteiger partial charge in [-0.25, -0.2) is 0 Å². The third-order valence-corrected chi connectivity index (χ3v) is 6.77. The van der Waals surface area contributed by atoms with E-state index in [0.29, 0.717) is 30.9 Å². The quantitative estimate of drug-likeness (QED) is 0.379. The maximum atomic E-state index is 12.9. The van der Waals surface area contributed by atoms with Crippen molar-refractivity contribution in [1.82, 2.24) is 4.90 Å². The Hall–Kier alpha value is -2.27. The zero-order chi connectivity index (χ0) is 22.8. The van der Waals surface area contributed by atoms with Crippen LogP contribution >= 0.6 is 0 Å². The summed E-state index contributed by atoms with van der Waals surface area (Å²) >= 11 is 0. The number of amides is 2. The molecule has 3 aliphatic rings. The second-order valence-corrected chi connectivity index (χ2v) is 8.70. The fraction of sp³-hybridized carbons (Fsp3) is 0.682. The summed E-state index contributed by atoms with van der Waals surface area (Å²) < 4.78 is 10.5. The molecule has 1 saturated heterocycles. The van der Waals surface area contributed by atoms with Gasteiger partial charge in [-0.15, -0.1) is 0 Å². The molecule has 0 radical (unpaired) electrons. The Bertz CT molecular complexity index is 841. The van der Waals surface area contributed by atoms with Crippen molar-refractivity contribution in [2.24, 2.45) is 28.8 Å². The van der Waals surface area contributed by atoms with E-state index in [1.807, 2.05) is 0 Å². The van der Waals surface area contributed by atoms with Crippen molar-refractivity contribution in [2.75, 3.05) is 19.8 Å². The first-order valence-corrected chi connectivity index (χ1v) is 11.1. The summed E-state index contributed by atoms with van der Waals surface area (Å²) in [6.07, 6.45) is -0.365. The zero-order valence-corrected chi connectivity index (χ0v) is 18.0. The second kappa shape index (κ2) is 9.70. The number of hydrogen-bond donors (Lipinski definition) is 3. The summed E-state index contributed by atoms with van der Waals surface area (Å²) in [5.74, 6) is -1.80. The Labute approximate surface area is 185 Å². The van der Waals surface area contributed by atoms with Gasteiger partial charge in [0.1, 0.15) is 25.1 Å². The Balaban J connectivity index is 1.38. The van der Waals surface area contributed by atoms with E-state index in [-0.39, 0.29) is 44.0 Å². The van der Waals surface area contributed by atoms with Crippen molar-refractivity contribution in [3.05, 3.63) is 24.2 Å². The fourth-order valence-electron chi connectivity index (χ4n) is 5.30. The molecule has 3 N–H and O–H groups in total. The number of hydrogen-bond acceptors (Lipinski definition) is 9. The first kappa shape index (κ1) is 22.9. The molecule has 2 saturated carbocycles. The van der Waals surface area contributed by atoms with Gasteiger partial charge in [-0.3, -0.25) is 14.5 Å². The number of oxime groups is 1. The molecule has 1 aliphatic heterocycles. The van der Waals surface area contributed by atoms with Crippen LogP contribution in [0.1, 0.15) is 31.9 Å². The average molecular weight is 450 g/mol. The van der Waals surface area contributed by atoms with Crippen LogP contribution in [-0.2, 0) is 25.8 Å². The lowest BCUT2D eigenvalue weighted by atomic mass is 9.60. The number of aliphatic hydroxyl groups excluding tert-OH is 3. The van der Waals surface area contributed by atoms with Gasteiger partial charge in [-0.1, -0.05) is 5.16 Å². The van der Waals surface area contributed by atoms with E-state index >= 15 is 0 Å². The first-order valence-electron chi connectivity index (χ1n) is 11.1. The summed E-state index contributed by atoms with van der Waals surface area (Å²) in [6.45, 7) is 2.21. The van der Waals surface area contributed by atoms with Crippen LogP contribution in [0.2, 0.25) is 0 Å². The predicted molar refractivity (Wildman–Crippen MR) is 110 cm³/mol. The summed E-state index contributed by atoms with van der Waals surface area (Å²) in [5.41, 5.74) is 0.546. The predicted octanol–water partition coefficient (Wildman–Crippen LogP) is 0.303. The lowest BCUT2D eigenvalue weighted by Gasteiger charge is -2.45. The number of furan rings is 1. The molecular formula is C22H30N2O8. The molecule has 32 heavy (non-hydrogen) atoms. The number of rotatable bonds is 8. The van der Waals surface area contributed by atoms with Crippen molar-refractivity contribution in [2.45, 2.75) is 51.1 Å². The molecule has 2 aliphatic carbocycles. The fourth-order valence-corrected chi connectivity index (χ4v) is 5.30. The van der Waals surface area contributed by atoms with Gasteiger partial charge in [0.05, 0.1) is 42.6 Å². The van der Waals surface area contributed by atoms with Crippen molar-refractivity contribution in [3.8, 4) is 0 Å². The lowest BCUT2D eigenvalue weighted by molar-refractivity contribution is -0.141. The van der Waals surface area contributed by atoms with Crippen LogP contribution in [0.4, 0.5) is 0 Å². The van der Waals surface area contributed by atoms with Crippen molar-refractivity contribution in [1.29, 1.82) is 0 Å². The molecule has 0 spiro atoms. The minimum absolute atomic E-state index is 0.0339. The SMILES string of the molecule is CCN1C(=O)[C@H]2[C@H]3[C@H](O)[C@H](O)CC(=NOC[C@@H](O)COCc4ccco4)[C@H]3CC[C@H]2C1=O. The van der Waals surface area contributed by atoms with Crippen LogP contribution in [0.3, 0.4) is 0 Å². The molecule has 4 rings (SSSR count). The average Bonchev–Trinajstić information content (AvgIpc) is 3.37. The number of nitrogens with zero attached hydrogens (tertiary/aromatic N) is 2. The van der Waals surface area contributed by atoms with Crippen LogP contribution in [0.25, 0.3) is 0 Å². The Morgan fingerprint density at radius 3 is 2.72 bits per heavy atom. The first-order chi connectivity index (χ1) is 15.4. The molecule has 1 aromatic heterocycles. The smallest absolute Gasteiger partial charge is 0.233 e. The summed E-state index contributed by atoms with van der Waals surface area (Å²) in [5, 5.41) is 35.3. The highest BCUT2D eigenvalue weighted by Crippen LogP contribution is 2.49. The van der Waals surface area contributed by atoms with Gasteiger partial charge in [0.2, 0.25) is 11.8 Å². The molecule has 2 amide bonds. The zero-order valence-electron chi connectivity index (χ0n) is 18.0. The van der Waals surface area contributed by atoms with E-state index in [4.69, 9.17) is 14.0 Å². The molecule has 0 bridgehead atoms. The van der Waals surface area contributed by atoms with Gasteiger partial charge in [0, 0.05) is 24.8 Å². The van der Waals surface area contributed by atoms with Gasteiger partial charge in [0.25, 0.3) is 0 Å². The van der Waals surface area contributed by atoms with Crippen molar-refractivity contribution in [3.63, 3.8) is 0 Å². The van der Waals surface area contributed by atoms with Gasteiger partial charge in [-0.05, 0) is 31.9 Å². The highest BCUT2D eigenvalue weighted by molar-refractivity contribution is 6.06. The van der Waals surface area contributed by atoms with E-state index in [1.54, 1.807) is 25.3 Å². The van der Waals surface area contributed by atoms with Gasteiger partial charge >= 0.3 is 0 Å². The minimum atomic E-state index is -1.11. The number of ether oxygens (including phenoxy) is 1. The van der Waals surface area contributed by atoms with Crippen LogP contribution < -0.4 is 0 Å². The second-order valence-electron chi connectivity index (χ2n) is 8.70. The number of imide groups is 1. The summed E-state index contributed by atoms with van der Waals surface area (Å²) in [4.78, 5) is 32.1. The van der Waals surface area contributed by atoms with Gasteiger partial charge in [0.15, 0.2) is 0 Å². The number of likely N-dealkylation sites (tertiary alicyclic amines) is 1. The Kier molecular flexibility index (Phi) is 6.94. The summed E-state index contributed by atoms with van der Waals surface area (Å²) in [6, 6.07) is 3.52. The van der Waals surface area contributed by atoms with E-state index in [0.717, 1.165) is 0 Å². The minimum Gasteiger partial charge on any atom is -0.467 e. The normalized spacial score (nSPS) is 34.5. The highest BCUT2D eigenvalue weighted by atomic mass is 16.6. The van der Waals surface area contributed by atoms with Crippen molar-refractivity contribution >= 4 is 17.5 Å². The van der Waals surface area contributed by atoms with Gasteiger partial charge in [-0.2, -0.15) is 0 Å². The van der Waals surface area contributed by atoms with Gasteiger partial charge < -0.3 is 29.3 Å². The van der Waals surface area contributed by atoms with Crippen LogP contribution in [0.5, 0.6) is 0 Å². The molecule has 0 aromatic carbocycles. The van der Waals surface area contributed by atoms with E-state index < -0.39 is 36.1 Å². The van der Waals surface area contributed by atoms with E-state index in [1.165, 1.54) is 4.90 Å². The molecule has 10 heteroatoms. The molecular weight excluding hydrogens is 420 g/mol. The maximum absolute atomic E-state index is 12.9. The lowest BCUT2D eigenvalue weighted by Crippen LogP contribution is -2.54. The Morgan fingerprint density at radius 2 is 2.00 bits per heavy atom. The number of carbonyl (C=O) groups is 2. The molecule has 7 atom stereocenters. The number of fused-ring (bicyclic) bond motifs is 3. The van der Waals surface area contributed by atoms with E-state index in [9.17, 15) is 24.9 Å². The standard InChI is InChI=1S/C22H30N2O8/c1-2-24-21(28)15-6-5-14-16(8-17(26)20(27)18(14)19(15)22(24)29)23-32-10-12(25)9-30-11-13-4-3-7-31-13/h3-4,7,12,14-15,17-20,25-27H,2,5-6,8-11H2,1H3/t12-,14+,15+,17+,18-,19+,20+/m0/s1. The van der Waals surface area contributed by atoms with Crippen LogP contribution in [0.15, 0.2) is 28.0 Å². The third-order valence-electron chi connectivity index (χ3n) is 6.77. The molecule has 176 valence electrons. The largest absolute Gasteiger partial charge is 0.467 e. The van der Waals surface area contributed by atoms with Crippen LogP contribution in [0, 0.1) is 23.7 Å². The molecule has 0 unspecified atom stereocenters. The topological polar surface area (TPSA) is 142 Å².